The Morgan fingerprint density at radius 1 is 1.26 bits per heavy atom. The Bertz CT molecular complexity index is 499. The number of hydrogen-bond acceptors (Lipinski definition) is 3. The minimum atomic E-state index is 0.484. The van der Waals surface area contributed by atoms with Crippen LogP contribution in [0.15, 0.2) is 35.3 Å². The normalized spacial score (nSPS) is 24.0. The fourth-order valence-corrected chi connectivity index (χ4v) is 4.53. The fraction of sp³-hybridized carbons (Fsp3) is 0.611. The number of nitrogens with one attached hydrogen (secondary N) is 1. The Balaban J connectivity index is 1.53. The highest BCUT2D eigenvalue weighted by atomic mass is 32.2. The molecule has 23 heavy (non-hydrogen) atoms. The maximum Gasteiger partial charge on any atom is 0.188 e. The van der Waals surface area contributed by atoms with Crippen molar-refractivity contribution in [1.29, 1.82) is 0 Å². The molecule has 3 rings (SSSR count). The third-order valence-electron chi connectivity index (χ3n) is 4.76. The lowest BCUT2D eigenvalue weighted by molar-refractivity contribution is 0.215. The summed E-state index contributed by atoms with van der Waals surface area (Å²) >= 11 is 2.03. The molecule has 2 fully saturated rings. The van der Waals surface area contributed by atoms with Gasteiger partial charge in [-0.1, -0.05) is 43.2 Å². The third kappa shape index (κ3) is 5.15. The lowest BCUT2D eigenvalue weighted by Gasteiger charge is -2.34. The number of guanidine groups is 1. The van der Waals surface area contributed by atoms with E-state index < -0.39 is 0 Å². The molecule has 5 heteroatoms. The first-order valence-electron chi connectivity index (χ1n) is 8.73. The first-order chi connectivity index (χ1) is 11.3. The van der Waals surface area contributed by atoms with Crippen molar-refractivity contribution in [3.8, 4) is 0 Å². The molecule has 0 bridgehead atoms. The van der Waals surface area contributed by atoms with E-state index in [4.69, 9.17) is 5.73 Å². The summed E-state index contributed by atoms with van der Waals surface area (Å²) in [5, 5.41) is 3.39. The zero-order chi connectivity index (χ0) is 15.9. The molecule has 1 saturated heterocycles. The summed E-state index contributed by atoms with van der Waals surface area (Å²) in [5.74, 6) is 2.99. The zero-order valence-corrected chi connectivity index (χ0v) is 14.6. The Morgan fingerprint density at radius 3 is 2.83 bits per heavy atom. The molecule has 0 amide bonds. The van der Waals surface area contributed by atoms with Gasteiger partial charge in [0.1, 0.15) is 0 Å². The van der Waals surface area contributed by atoms with E-state index in [1.165, 1.54) is 37.0 Å². The van der Waals surface area contributed by atoms with E-state index in [1.54, 1.807) is 0 Å². The van der Waals surface area contributed by atoms with Crippen molar-refractivity contribution in [2.45, 2.75) is 44.3 Å². The first kappa shape index (κ1) is 16.7. The highest BCUT2D eigenvalue weighted by Crippen LogP contribution is 2.20. The molecule has 0 aromatic heterocycles. The third-order valence-corrected chi connectivity index (χ3v) is 5.85. The van der Waals surface area contributed by atoms with Gasteiger partial charge in [-0.25, -0.2) is 0 Å². The molecule has 1 heterocycles. The lowest BCUT2D eigenvalue weighted by Crippen LogP contribution is -2.45. The van der Waals surface area contributed by atoms with Crippen molar-refractivity contribution >= 4 is 17.7 Å². The van der Waals surface area contributed by atoms with Crippen molar-refractivity contribution in [1.82, 2.24) is 10.2 Å². The van der Waals surface area contributed by atoms with Crippen molar-refractivity contribution in [2.75, 3.05) is 24.6 Å². The number of thioether (sulfide) groups is 1. The molecule has 1 saturated carbocycles. The van der Waals surface area contributed by atoms with Crippen LogP contribution in [0.1, 0.15) is 31.2 Å². The van der Waals surface area contributed by atoms with Gasteiger partial charge < -0.3 is 11.1 Å². The summed E-state index contributed by atoms with van der Waals surface area (Å²) in [7, 11) is 0. The van der Waals surface area contributed by atoms with E-state index in [0.717, 1.165) is 25.4 Å². The Morgan fingerprint density at radius 2 is 2.04 bits per heavy atom. The van der Waals surface area contributed by atoms with Crippen LogP contribution in [0.5, 0.6) is 0 Å². The van der Waals surface area contributed by atoms with E-state index in [1.807, 2.05) is 11.8 Å². The van der Waals surface area contributed by atoms with Gasteiger partial charge in [0, 0.05) is 36.7 Å². The molecular formula is C18H28N4S. The van der Waals surface area contributed by atoms with Crippen LogP contribution in [-0.4, -0.2) is 47.5 Å². The van der Waals surface area contributed by atoms with Gasteiger partial charge in [0.25, 0.3) is 0 Å². The molecule has 1 atom stereocenters. The van der Waals surface area contributed by atoms with E-state index >= 15 is 0 Å². The highest BCUT2D eigenvalue weighted by Gasteiger charge is 2.23. The first-order valence-corrected chi connectivity index (χ1v) is 9.89. The molecule has 2 aliphatic rings. The molecule has 4 nitrogen and oxygen atoms in total. The van der Waals surface area contributed by atoms with Crippen LogP contribution in [-0.2, 0) is 6.54 Å². The van der Waals surface area contributed by atoms with Gasteiger partial charge in [-0.05, 0) is 18.4 Å². The van der Waals surface area contributed by atoms with Crippen LogP contribution in [0.2, 0.25) is 0 Å². The molecule has 0 spiro atoms. The average molecular weight is 333 g/mol. The van der Waals surface area contributed by atoms with Gasteiger partial charge in [0.15, 0.2) is 5.96 Å². The van der Waals surface area contributed by atoms with Crippen LogP contribution in [0, 0.1) is 0 Å². The summed E-state index contributed by atoms with van der Waals surface area (Å²) in [5.41, 5.74) is 7.46. The molecule has 3 N–H and O–H groups in total. The summed E-state index contributed by atoms with van der Waals surface area (Å²) in [6, 6.07) is 11.7. The maximum atomic E-state index is 6.08. The topological polar surface area (TPSA) is 53.6 Å². The van der Waals surface area contributed by atoms with Gasteiger partial charge in [-0.2, -0.15) is 11.8 Å². The predicted molar refractivity (Wildman–Crippen MR) is 99.8 cm³/mol. The second-order valence-corrected chi connectivity index (χ2v) is 7.69. The van der Waals surface area contributed by atoms with Gasteiger partial charge in [-0.3, -0.25) is 9.89 Å². The largest absolute Gasteiger partial charge is 0.370 e. The average Bonchev–Trinajstić information content (AvgIpc) is 3.08. The summed E-state index contributed by atoms with van der Waals surface area (Å²) in [6.07, 6.45) is 5.09. The smallest absolute Gasteiger partial charge is 0.188 e. The highest BCUT2D eigenvalue weighted by molar-refractivity contribution is 7.99. The maximum absolute atomic E-state index is 6.08. The van der Waals surface area contributed by atoms with Crippen LogP contribution in [0.25, 0.3) is 0 Å². The summed E-state index contributed by atoms with van der Waals surface area (Å²) in [6.45, 7) is 2.94. The number of hydrogen-bond donors (Lipinski definition) is 2. The monoisotopic (exact) mass is 332 g/mol. The van der Waals surface area contributed by atoms with Crippen molar-refractivity contribution in [3.63, 3.8) is 0 Å². The summed E-state index contributed by atoms with van der Waals surface area (Å²) < 4.78 is 0. The number of benzene rings is 1. The van der Waals surface area contributed by atoms with Gasteiger partial charge in [0.05, 0.1) is 6.54 Å². The molecule has 1 aromatic carbocycles. The van der Waals surface area contributed by atoms with Gasteiger partial charge >= 0.3 is 0 Å². The molecule has 126 valence electrons. The minimum absolute atomic E-state index is 0.484. The lowest BCUT2D eigenvalue weighted by atomic mass is 10.2. The molecule has 1 aliphatic carbocycles. The van der Waals surface area contributed by atoms with E-state index in [9.17, 15) is 0 Å². The number of nitrogens with two attached hydrogens (primary N) is 1. The zero-order valence-electron chi connectivity index (χ0n) is 13.8. The van der Waals surface area contributed by atoms with E-state index in [-0.39, 0.29) is 0 Å². The van der Waals surface area contributed by atoms with Crippen molar-refractivity contribution < 1.29 is 0 Å². The molecule has 0 radical (unpaired) electrons. The van der Waals surface area contributed by atoms with Crippen molar-refractivity contribution in [3.05, 3.63) is 35.9 Å². The Hall–Kier alpha value is -1.20. The quantitative estimate of drug-likeness (QED) is 0.642. The van der Waals surface area contributed by atoms with Gasteiger partial charge in [0.2, 0.25) is 0 Å². The Labute approximate surface area is 143 Å². The number of rotatable bonds is 5. The standard InChI is InChI=1S/C18H28N4S/c19-18(21-16-8-4-5-9-16)20-12-17-14-23-11-10-22(17)13-15-6-2-1-3-7-15/h1-3,6-7,16-17H,4-5,8-14H2,(H3,19,20,21). The van der Waals surface area contributed by atoms with Crippen LogP contribution in [0.3, 0.4) is 0 Å². The second kappa shape index (κ2) is 8.60. The predicted octanol–water partition coefficient (Wildman–Crippen LogP) is 2.45. The van der Waals surface area contributed by atoms with Crippen LogP contribution >= 0.6 is 11.8 Å². The Kier molecular flexibility index (Phi) is 6.22. The molecular weight excluding hydrogens is 304 g/mol. The number of aliphatic imine (C=N–C) groups is 1. The van der Waals surface area contributed by atoms with Crippen molar-refractivity contribution in [2.24, 2.45) is 10.7 Å². The second-order valence-electron chi connectivity index (χ2n) is 6.54. The minimum Gasteiger partial charge on any atom is -0.370 e. The van der Waals surface area contributed by atoms with Gasteiger partial charge in [-0.15, -0.1) is 0 Å². The van der Waals surface area contributed by atoms with E-state index in [0.29, 0.717) is 18.0 Å². The molecule has 1 aliphatic heterocycles. The SMILES string of the molecule is NC(=NCC1CSCCN1Cc1ccccc1)NC1CCCC1. The molecule has 1 unspecified atom stereocenters. The van der Waals surface area contributed by atoms with Crippen LogP contribution in [0.4, 0.5) is 0 Å². The van der Waals surface area contributed by atoms with E-state index in [2.05, 4.69) is 45.5 Å². The number of nitrogens with zero attached hydrogens (tertiary/aromatic N) is 2. The molecule has 1 aromatic rings. The summed E-state index contributed by atoms with van der Waals surface area (Å²) in [4.78, 5) is 7.19. The fourth-order valence-electron chi connectivity index (χ4n) is 3.41. The van der Waals surface area contributed by atoms with Crippen LogP contribution < -0.4 is 11.1 Å².